The highest BCUT2D eigenvalue weighted by Crippen LogP contribution is 2.32. The average Bonchev–Trinajstić information content (AvgIpc) is 3.21. The summed E-state index contributed by atoms with van der Waals surface area (Å²) in [7, 11) is 3.74. The van der Waals surface area contributed by atoms with Crippen LogP contribution < -0.4 is 20.5 Å². The number of hydrogen-bond donors (Lipinski definition) is 2. The number of amides is 1. The summed E-state index contributed by atoms with van der Waals surface area (Å²) in [5.74, 6) is 0.512. The van der Waals surface area contributed by atoms with E-state index in [0.29, 0.717) is 16.6 Å². The normalized spacial score (nSPS) is 15.2. The molecule has 1 aliphatic heterocycles. The van der Waals surface area contributed by atoms with Gasteiger partial charge in [0.2, 0.25) is 5.91 Å². The van der Waals surface area contributed by atoms with Crippen molar-refractivity contribution in [3.8, 4) is 11.4 Å². The summed E-state index contributed by atoms with van der Waals surface area (Å²) in [6.45, 7) is 1.91. The Bertz CT molecular complexity index is 1420. The summed E-state index contributed by atoms with van der Waals surface area (Å²) in [6.07, 6.45) is 0.876. The van der Waals surface area contributed by atoms with Crippen molar-refractivity contribution in [3.05, 3.63) is 75.4 Å². The van der Waals surface area contributed by atoms with Gasteiger partial charge in [-0.1, -0.05) is 42.1 Å². The molecule has 0 saturated carbocycles. The molecule has 0 bridgehead atoms. The van der Waals surface area contributed by atoms with Gasteiger partial charge < -0.3 is 15.0 Å². The van der Waals surface area contributed by atoms with Crippen LogP contribution in [0.15, 0.2) is 64.5 Å². The molecule has 2 aromatic carbocycles. The average molecular weight is 494 g/mol. The second-order valence-electron chi connectivity index (χ2n) is 8.23. The molecule has 0 fully saturated rings. The van der Waals surface area contributed by atoms with Crippen molar-refractivity contribution < 1.29 is 14.4 Å². The van der Waals surface area contributed by atoms with Crippen LogP contribution in [-0.4, -0.2) is 41.9 Å². The van der Waals surface area contributed by atoms with Crippen LogP contribution >= 0.6 is 23.1 Å². The van der Waals surface area contributed by atoms with E-state index in [0.717, 1.165) is 41.0 Å². The van der Waals surface area contributed by atoms with Gasteiger partial charge >= 0.3 is 0 Å². The Hall–Kier alpha value is -3.14. The molecule has 5 rings (SSSR count). The van der Waals surface area contributed by atoms with Crippen LogP contribution in [0.1, 0.15) is 10.4 Å². The number of para-hydroxylation sites is 3. The maximum Gasteiger partial charge on any atom is 0.267 e. The van der Waals surface area contributed by atoms with E-state index < -0.39 is 0 Å². The summed E-state index contributed by atoms with van der Waals surface area (Å²) in [5.41, 5.74) is 2.42. The molecule has 1 aliphatic rings. The molecule has 9 heteroatoms. The molecule has 2 N–H and O–H groups in total. The maximum atomic E-state index is 13.8. The highest BCUT2D eigenvalue weighted by Gasteiger charge is 2.26. The third-order valence-electron chi connectivity index (χ3n) is 5.87. The van der Waals surface area contributed by atoms with Crippen LogP contribution in [0.3, 0.4) is 0 Å². The fraction of sp³-hybridized carbons (Fsp3) is 0.240. The predicted octanol–water partition coefficient (Wildman–Crippen LogP) is 2.76. The number of likely N-dealkylation sites (N-methyl/N-ethyl adjacent to an activating group) is 1. The van der Waals surface area contributed by atoms with Gasteiger partial charge in [-0.3, -0.25) is 14.2 Å². The third-order valence-corrected chi connectivity index (χ3v) is 7.93. The number of ether oxygens (including phenoxy) is 1. The Morgan fingerprint density at radius 2 is 1.97 bits per heavy atom. The lowest BCUT2D eigenvalue weighted by Crippen LogP contribution is -3.08. The fourth-order valence-corrected chi connectivity index (χ4v) is 6.39. The van der Waals surface area contributed by atoms with Gasteiger partial charge in [0.1, 0.15) is 17.1 Å². The lowest BCUT2D eigenvalue weighted by molar-refractivity contribution is -0.895. The van der Waals surface area contributed by atoms with Crippen molar-refractivity contribution >= 4 is 44.9 Å². The van der Waals surface area contributed by atoms with Crippen LogP contribution in [0.25, 0.3) is 15.9 Å². The second kappa shape index (κ2) is 9.61. The SMILES string of the molecule is COc1ccccc1NC(=O)CSc1nc2sc3c(c2c(=O)n1-c1ccccc1)CC[NH+](C)C3. The fourth-order valence-electron chi connectivity index (χ4n) is 4.21. The van der Waals surface area contributed by atoms with Gasteiger partial charge in [-0.2, -0.15) is 0 Å². The van der Waals surface area contributed by atoms with Crippen molar-refractivity contribution in [2.45, 2.75) is 18.1 Å². The van der Waals surface area contributed by atoms with Gasteiger partial charge in [-0.05, 0) is 29.8 Å². The molecule has 3 heterocycles. The van der Waals surface area contributed by atoms with Gasteiger partial charge in [-0.25, -0.2) is 4.98 Å². The van der Waals surface area contributed by atoms with Crippen molar-refractivity contribution in [1.29, 1.82) is 0 Å². The molecule has 1 atom stereocenters. The molecular formula is C25H25N4O3S2+. The Morgan fingerprint density at radius 3 is 2.76 bits per heavy atom. The first-order chi connectivity index (χ1) is 16.5. The standard InChI is InChI=1S/C25H24N4O3S2/c1-28-13-12-17-20(14-28)34-23-22(17)24(31)29(16-8-4-3-5-9-16)25(27-23)33-15-21(30)26-18-10-6-7-11-19(18)32-2/h3-11H,12-15H2,1-2H3,(H,26,30)/p+1. The molecule has 2 aromatic heterocycles. The Morgan fingerprint density at radius 1 is 1.21 bits per heavy atom. The number of carbonyl (C=O) groups is 1. The molecule has 4 aromatic rings. The molecule has 0 spiro atoms. The number of rotatable bonds is 6. The lowest BCUT2D eigenvalue weighted by Gasteiger charge is -2.19. The minimum Gasteiger partial charge on any atom is -0.495 e. The lowest BCUT2D eigenvalue weighted by atomic mass is 10.1. The molecule has 7 nitrogen and oxygen atoms in total. The largest absolute Gasteiger partial charge is 0.495 e. The Labute approximate surface area is 205 Å². The van der Waals surface area contributed by atoms with Crippen molar-refractivity contribution in [2.75, 3.05) is 31.8 Å². The smallest absolute Gasteiger partial charge is 0.267 e. The van der Waals surface area contributed by atoms with Gasteiger partial charge in [0, 0.05) is 6.42 Å². The monoisotopic (exact) mass is 493 g/mol. The topological polar surface area (TPSA) is 77.7 Å². The number of aromatic nitrogens is 2. The molecule has 0 aliphatic carbocycles. The first kappa shape index (κ1) is 22.6. The number of thioether (sulfide) groups is 1. The summed E-state index contributed by atoms with van der Waals surface area (Å²) in [6, 6.07) is 16.8. The minimum atomic E-state index is -0.195. The van der Waals surface area contributed by atoms with Crippen LogP contribution in [0.4, 0.5) is 5.69 Å². The highest BCUT2D eigenvalue weighted by molar-refractivity contribution is 7.99. The zero-order valence-corrected chi connectivity index (χ0v) is 20.6. The third kappa shape index (κ3) is 4.34. The summed E-state index contributed by atoms with van der Waals surface area (Å²) < 4.78 is 6.96. The van der Waals surface area contributed by atoms with Crippen LogP contribution in [-0.2, 0) is 17.8 Å². The number of nitrogens with zero attached hydrogens (tertiary/aromatic N) is 2. The molecule has 1 amide bonds. The van der Waals surface area contributed by atoms with E-state index in [1.54, 1.807) is 35.1 Å². The summed E-state index contributed by atoms with van der Waals surface area (Å²) >= 11 is 2.86. The van der Waals surface area contributed by atoms with Gasteiger partial charge in [-0.15, -0.1) is 11.3 Å². The molecule has 0 radical (unpaired) electrons. The summed E-state index contributed by atoms with van der Waals surface area (Å²) in [5, 5.41) is 4.12. The molecular weight excluding hydrogens is 468 g/mol. The van der Waals surface area contributed by atoms with Gasteiger partial charge in [0.25, 0.3) is 5.56 Å². The van der Waals surface area contributed by atoms with Gasteiger partial charge in [0.15, 0.2) is 5.16 Å². The van der Waals surface area contributed by atoms with Crippen LogP contribution in [0.2, 0.25) is 0 Å². The minimum absolute atomic E-state index is 0.0686. The second-order valence-corrected chi connectivity index (χ2v) is 10.3. The maximum absolute atomic E-state index is 13.8. The first-order valence-electron chi connectivity index (χ1n) is 11.0. The van der Waals surface area contributed by atoms with Crippen molar-refractivity contribution in [2.24, 2.45) is 0 Å². The number of carbonyl (C=O) groups excluding carboxylic acids is 1. The molecule has 0 saturated heterocycles. The number of nitrogens with one attached hydrogen (secondary N) is 2. The molecule has 1 unspecified atom stereocenters. The predicted molar refractivity (Wildman–Crippen MR) is 137 cm³/mol. The number of anilines is 1. The number of methoxy groups -OCH3 is 1. The van der Waals surface area contributed by atoms with Crippen LogP contribution in [0.5, 0.6) is 5.75 Å². The zero-order chi connectivity index (χ0) is 23.7. The Balaban J connectivity index is 1.51. The Kier molecular flexibility index (Phi) is 6.40. The number of hydrogen-bond acceptors (Lipinski definition) is 6. The van der Waals surface area contributed by atoms with Crippen molar-refractivity contribution in [1.82, 2.24) is 9.55 Å². The van der Waals surface area contributed by atoms with E-state index in [4.69, 9.17) is 9.72 Å². The zero-order valence-electron chi connectivity index (χ0n) is 19.0. The highest BCUT2D eigenvalue weighted by atomic mass is 32.2. The molecule has 174 valence electrons. The van der Waals surface area contributed by atoms with E-state index >= 15 is 0 Å². The van der Waals surface area contributed by atoms with Crippen molar-refractivity contribution in [3.63, 3.8) is 0 Å². The molecule has 34 heavy (non-hydrogen) atoms. The van der Waals surface area contributed by atoms with Gasteiger partial charge in [0.05, 0.1) is 48.1 Å². The number of benzene rings is 2. The van der Waals surface area contributed by atoms with E-state index in [2.05, 4.69) is 12.4 Å². The van der Waals surface area contributed by atoms with E-state index in [1.807, 2.05) is 42.5 Å². The van der Waals surface area contributed by atoms with E-state index in [-0.39, 0.29) is 17.2 Å². The van der Waals surface area contributed by atoms with E-state index in [9.17, 15) is 9.59 Å². The number of thiophene rings is 1. The first-order valence-corrected chi connectivity index (χ1v) is 12.8. The van der Waals surface area contributed by atoms with Crippen LogP contribution in [0, 0.1) is 0 Å². The van der Waals surface area contributed by atoms with E-state index in [1.165, 1.54) is 21.5 Å². The number of quaternary nitrogens is 1. The quantitative estimate of drug-likeness (QED) is 0.319. The number of fused-ring (bicyclic) bond motifs is 3. The summed E-state index contributed by atoms with van der Waals surface area (Å²) in [4.78, 5) is 34.8.